The van der Waals surface area contributed by atoms with Gasteiger partial charge in [-0.25, -0.2) is 4.79 Å². The zero-order chi connectivity index (χ0) is 17.5. The van der Waals surface area contributed by atoms with Gasteiger partial charge in [-0.15, -0.1) is 0 Å². The SMILES string of the molecule is COC(=O)c1ccc(CNC(=O)COc2ccc(Cl)cc2Br)cc1. The fraction of sp³-hybridized carbons (Fsp3) is 0.176. The number of amides is 1. The van der Waals surface area contributed by atoms with Crippen molar-refractivity contribution >= 4 is 39.4 Å². The van der Waals surface area contributed by atoms with Crippen molar-refractivity contribution in [2.75, 3.05) is 13.7 Å². The summed E-state index contributed by atoms with van der Waals surface area (Å²) in [6.07, 6.45) is 0. The topological polar surface area (TPSA) is 64.6 Å². The van der Waals surface area contributed by atoms with Crippen LogP contribution in [0.4, 0.5) is 0 Å². The summed E-state index contributed by atoms with van der Waals surface area (Å²) in [5.41, 5.74) is 1.33. The molecular formula is C17H15BrClNO4. The van der Waals surface area contributed by atoms with Crippen LogP contribution >= 0.6 is 27.5 Å². The van der Waals surface area contributed by atoms with Gasteiger partial charge in [-0.2, -0.15) is 0 Å². The molecule has 2 aromatic carbocycles. The molecule has 0 spiro atoms. The maximum atomic E-state index is 11.8. The van der Waals surface area contributed by atoms with Crippen LogP contribution in [0.5, 0.6) is 5.75 Å². The van der Waals surface area contributed by atoms with Gasteiger partial charge >= 0.3 is 5.97 Å². The van der Waals surface area contributed by atoms with Crippen molar-refractivity contribution in [3.8, 4) is 5.75 Å². The standard InChI is InChI=1S/C17H15BrClNO4/c1-23-17(22)12-4-2-11(3-5-12)9-20-16(21)10-24-15-7-6-13(19)8-14(15)18/h2-8H,9-10H2,1H3,(H,20,21). The van der Waals surface area contributed by atoms with Gasteiger partial charge in [-0.1, -0.05) is 23.7 Å². The van der Waals surface area contributed by atoms with Crippen LogP contribution in [0.15, 0.2) is 46.9 Å². The number of halogens is 2. The predicted octanol–water partition coefficient (Wildman–Crippen LogP) is 3.58. The number of carbonyl (C=O) groups excluding carboxylic acids is 2. The lowest BCUT2D eigenvalue weighted by Gasteiger charge is -2.09. The van der Waals surface area contributed by atoms with Gasteiger partial charge in [-0.3, -0.25) is 4.79 Å². The van der Waals surface area contributed by atoms with Crippen LogP contribution in [0.3, 0.4) is 0 Å². The maximum Gasteiger partial charge on any atom is 0.337 e. The molecule has 5 nitrogen and oxygen atoms in total. The molecule has 2 rings (SSSR count). The number of esters is 1. The number of benzene rings is 2. The average Bonchev–Trinajstić information content (AvgIpc) is 2.59. The van der Waals surface area contributed by atoms with Gasteiger partial charge in [0.2, 0.25) is 0 Å². The second kappa shape index (κ2) is 8.70. The van der Waals surface area contributed by atoms with Crippen molar-refractivity contribution in [2.45, 2.75) is 6.54 Å². The zero-order valence-corrected chi connectivity index (χ0v) is 15.2. The number of ether oxygens (including phenoxy) is 2. The van der Waals surface area contributed by atoms with Crippen LogP contribution in [0, 0.1) is 0 Å². The molecule has 0 radical (unpaired) electrons. The Morgan fingerprint density at radius 1 is 1.17 bits per heavy atom. The number of methoxy groups -OCH3 is 1. The van der Waals surface area contributed by atoms with E-state index in [-0.39, 0.29) is 12.5 Å². The highest BCUT2D eigenvalue weighted by atomic mass is 79.9. The Morgan fingerprint density at radius 3 is 2.50 bits per heavy atom. The summed E-state index contributed by atoms with van der Waals surface area (Å²) in [5, 5.41) is 3.32. The van der Waals surface area contributed by atoms with Crippen molar-refractivity contribution < 1.29 is 19.1 Å². The summed E-state index contributed by atoms with van der Waals surface area (Å²) in [7, 11) is 1.33. The lowest BCUT2D eigenvalue weighted by molar-refractivity contribution is -0.123. The lowest BCUT2D eigenvalue weighted by Crippen LogP contribution is -2.28. The molecule has 0 aromatic heterocycles. The van der Waals surface area contributed by atoms with Crippen molar-refractivity contribution in [2.24, 2.45) is 0 Å². The molecule has 0 aliphatic carbocycles. The third kappa shape index (κ3) is 5.25. The van der Waals surface area contributed by atoms with Crippen LogP contribution in [0.25, 0.3) is 0 Å². The summed E-state index contributed by atoms with van der Waals surface area (Å²) >= 11 is 9.16. The lowest BCUT2D eigenvalue weighted by atomic mass is 10.1. The molecule has 0 bridgehead atoms. The Balaban J connectivity index is 1.81. The summed E-state index contributed by atoms with van der Waals surface area (Å²) in [6, 6.07) is 11.9. The van der Waals surface area contributed by atoms with E-state index in [2.05, 4.69) is 26.0 Å². The summed E-state index contributed by atoms with van der Waals surface area (Å²) in [6.45, 7) is 0.228. The summed E-state index contributed by atoms with van der Waals surface area (Å²) < 4.78 is 10.7. The minimum absolute atomic E-state index is 0.111. The van der Waals surface area contributed by atoms with Crippen LogP contribution in [-0.4, -0.2) is 25.6 Å². The van der Waals surface area contributed by atoms with E-state index in [9.17, 15) is 9.59 Å². The van der Waals surface area contributed by atoms with Crippen molar-refractivity contribution in [1.82, 2.24) is 5.32 Å². The van der Waals surface area contributed by atoms with Crippen molar-refractivity contribution in [1.29, 1.82) is 0 Å². The summed E-state index contributed by atoms with van der Waals surface area (Å²) in [4.78, 5) is 23.2. The summed E-state index contributed by atoms with van der Waals surface area (Å²) in [5.74, 6) is -0.113. The Kier molecular flexibility index (Phi) is 6.63. The predicted molar refractivity (Wildman–Crippen MR) is 94.3 cm³/mol. The number of nitrogens with one attached hydrogen (secondary N) is 1. The Bertz CT molecular complexity index is 734. The molecule has 7 heteroatoms. The molecule has 0 saturated heterocycles. The molecule has 1 amide bonds. The first kappa shape index (κ1) is 18.3. The Hall–Kier alpha value is -2.05. The largest absolute Gasteiger partial charge is 0.483 e. The van der Waals surface area contributed by atoms with Crippen LogP contribution in [0.2, 0.25) is 5.02 Å². The van der Waals surface area contributed by atoms with Gasteiger partial charge in [0.05, 0.1) is 17.1 Å². The van der Waals surface area contributed by atoms with E-state index in [4.69, 9.17) is 16.3 Å². The Morgan fingerprint density at radius 2 is 1.88 bits per heavy atom. The normalized spacial score (nSPS) is 10.1. The van der Waals surface area contributed by atoms with Gasteiger partial charge in [0.1, 0.15) is 5.75 Å². The first-order valence-corrected chi connectivity index (χ1v) is 8.18. The number of hydrogen-bond donors (Lipinski definition) is 1. The molecule has 0 heterocycles. The molecule has 1 N–H and O–H groups in total. The number of rotatable bonds is 6. The second-order valence-electron chi connectivity index (χ2n) is 4.83. The van der Waals surface area contributed by atoms with Gasteiger partial charge in [0, 0.05) is 11.6 Å². The molecule has 0 atom stereocenters. The first-order valence-electron chi connectivity index (χ1n) is 7.01. The molecular weight excluding hydrogens is 398 g/mol. The highest BCUT2D eigenvalue weighted by Gasteiger charge is 2.07. The molecule has 126 valence electrons. The molecule has 0 saturated carbocycles. The number of carbonyl (C=O) groups is 2. The van der Waals surface area contributed by atoms with E-state index >= 15 is 0 Å². The first-order chi connectivity index (χ1) is 11.5. The van der Waals surface area contributed by atoms with Gasteiger partial charge in [0.15, 0.2) is 6.61 Å². The van der Waals surface area contributed by atoms with Gasteiger partial charge in [-0.05, 0) is 51.8 Å². The quantitative estimate of drug-likeness (QED) is 0.737. The zero-order valence-electron chi connectivity index (χ0n) is 12.8. The Labute approximate surface area is 153 Å². The third-order valence-corrected chi connectivity index (χ3v) is 3.97. The van der Waals surface area contributed by atoms with E-state index < -0.39 is 5.97 Å². The number of hydrogen-bond acceptors (Lipinski definition) is 4. The fourth-order valence-electron chi connectivity index (χ4n) is 1.86. The molecule has 0 aliphatic rings. The maximum absolute atomic E-state index is 11.8. The minimum Gasteiger partial charge on any atom is -0.483 e. The smallest absolute Gasteiger partial charge is 0.337 e. The van der Waals surface area contributed by atoms with E-state index in [0.717, 1.165) is 5.56 Å². The monoisotopic (exact) mass is 411 g/mol. The average molecular weight is 413 g/mol. The highest BCUT2D eigenvalue weighted by molar-refractivity contribution is 9.10. The van der Waals surface area contributed by atoms with E-state index in [1.165, 1.54) is 7.11 Å². The van der Waals surface area contributed by atoms with Crippen LogP contribution < -0.4 is 10.1 Å². The molecule has 2 aromatic rings. The highest BCUT2D eigenvalue weighted by Crippen LogP contribution is 2.27. The second-order valence-corrected chi connectivity index (χ2v) is 6.12. The molecule has 0 unspecified atom stereocenters. The van der Waals surface area contributed by atoms with E-state index in [1.54, 1.807) is 42.5 Å². The van der Waals surface area contributed by atoms with Gasteiger partial charge < -0.3 is 14.8 Å². The van der Waals surface area contributed by atoms with Crippen molar-refractivity contribution in [3.05, 3.63) is 63.1 Å². The van der Waals surface area contributed by atoms with Crippen LogP contribution in [-0.2, 0) is 16.1 Å². The fourth-order valence-corrected chi connectivity index (χ4v) is 2.66. The van der Waals surface area contributed by atoms with Gasteiger partial charge in [0.25, 0.3) is 5.91 Å². The van der Waals surface area contributed by atoms with Crippen LogP contribution in [0.1, 0.15) is 15.9 Å². The molecule has 0 fully saturated rings. The van der Waals surface area contributed by atoms with E-state index in [1.807, 2.05) is 0 Å². The minimum atomic E-state index is -0.396. The third-order valence-electron chi connectivity index (χ3n) is 3.12. The molecule has 0 aliphatic heterocycles. The van der Waals surface area contributed by atoms with Crippen molar-refractivity contribution in [3.63, 3.8) is 0 Å². The molecule has 24 heavy (non-hydrogen) atoms. The van der Waals surface area contributed by atoms with E-state index in [0.29, 0.717) is 27.4 Å².